The first-order valence-electron chi connectivity index (χ1n) is 6.96. The van der Waals surface area contributed by atoms with E-state index in [1.54, 1.807) is 0 Å². The predicted octanol–water partition coefficient (Wildman–Crippen LogP) is 2.85. The van der Waals surface area contributed by atoms with Crippen LogP contribution in [-0.2, 0) is 9.30 Å². The van der Waals surface area contributed by atoms with Crippen molar-refractivity contribution in [3.63, 3.8) is 0 Å². The van der Waals surface area contributed by atoms with E-state index < -0.39 is 8.03 Å². The third-order valence-electron chi connectivity index (χ3n) is 3.14. The Labute approximate surface area is 115 Å². The summed E-state index contributed by atoms with van der Waals surface area (Å²) in [5.74, 6) is 0. The number of nitrogens with one attached hydrogen (secondary N) is 1. The number of carbonyl (C=O) groups is 1. The Bertz CT molecular complexity index is 344. The summed E-state index contributed by atoms with van der Waals surface area (Å²) in [6.07, 6.45) is 7.42. The Kier molecular flexibility index (Phi) is 7.84. The fourth-order valence-electron chi connectivity index (χ4n) is 2.08. The van der Waals surface area contributed by atoms with Gasteiger partial charge in [-0.15, -0.1) is 0 Å². The minimum atomic E-state index is -2.34. The van der Waals surface area contributed by atoms with Crippen LogP contribution in [0.3, 0.4) is 0 Å². The first-order valence-corrected chi connectivity index (χ1v) is 8.52. The highest BCUT2D eigenvalue weighted by Crippen LogP contribution is 2.25. The highest BCUT2D eigenvalue weighted by Gasteiger charge is 2.17. The summed E-state index contributed by atoms with van der Waals surface area (Å²) in [5, 5.41) is 2.82. The minimum Gasteiger partial charge on any atom is -0.450 e. The molecule has 0 spiro atoms. The number of hydrogen-bond donors (Lipinski definition) is 2. The molecule has 19 heavy (non-hydrogen) atoms. The van der Waals surface area contributed by atoms with E-state index in [1.807, 2.05) is 6.92 Å². The third kappa shape index (κ3) is 7.38. The topological polar surface area (TPSA) is 75.6 Å². The van der Waals surface area contributed by atoms with E-state index in [9.17, 15) is 9.36 Å². The molecular formula is C13H24NO4P. The SMILES string of the molecule is CCCCOC(=O)NC1C=C(CCC[PH](=O)O)CC1. The van der Waals surface area contributed by atoms with Gasteiger partial charge >= 0.3 is 6.09 Å². The van der Waals surface area contributed by atoms with Crippen molar-refractivity contribution >= 4 is 14.1 Å². The number of allylic oxidation sites excluding steroid dienone is 1. The normalized spacial score (nSPS) is 19.9. The van der Waals surface area contributed by atoms with Crippen molar-refractivity contribution in [3.8, 4) is 0 Å². The van der Waals surface area contributed by atoms with E-state index in [4.69, 9.17) is 9.63 Å². The van der Waals surface area contributed by atoms with Crippen LogP contribution in [0.25, 0.3) is 0 Å². The molecule has 2 unspecified atom stereocenters. The van der Waals surface area contributed by atoms with Crippen molar-refractivity contribution in [2.75, 3.05) is 12.8 Å². The molecule has 110 valence electrons. The molecule has 1 amide bonds. The van der Waals surface area contributed by atoms with Crippen molar-refractivity contribution in [1.82, 2.24) is 5.32 Å². The summed E-state index contributed by atoms with van der Waals surface area (Å²) in [4.78, 5) is 20.2. The molecular weight excluding hydrogens is 265 g/mol. The summed E-state index contributed by atoms with van der Waals surface area (Å²) >= 11 is 0. The van der Waals surface area contributed by atoms with Gasteiger partial charge in [0.2, 0.25) is 0 Å². The average Bonchev–Trinajstić information content (AvgIpc) is 2.76. The van der Waals surface area contributed by atoms with Crippen LogP contribution < -0.4 is 5.32 Å². The zero-order valence-electron chi connectivity index (χ0n) is 11.5. The second-order valence-corrected chi connectivity index (χ2v) is 6.14. The number of amides is 1. The molecule has 6 heteroatoms. The lowest BCUT2D eigenvalue weighted by Gasteiger charge is -2.10. The lowest BCUT2D eigenvalue weighted by atomic mass is 10.1. The molecule has 1 rings (SSSR count). The summed E-state index contributed by atoms with van der Waals surface area (Å²) in [7, 11) is -2.34. The van der Waals surface area contributed by atoms with Crippen molar-refractivity contribution in [2.45, 2.75) is 51.5 Å². The average molecular weight is 289 g/mol. The summed E-state index contributed by atoms with van der Waals surface area (Å²) in [6, 6.07) is 0.0512. The molecule has 0 aromatic rings. The van der Waals surface area contributed by atoms with Crippen molar-refractivity contribution in [1.29, 1.82) is 0 Å². The Balaban J connectivity index is 2.20. The maximum atomic E-state index is 11.5. The Morgan fingerprint density at radius 2 is 2.37 bits per heavy atom. The van der Waals surface area contributed by atoms with Crippen LogP contribution in [0.1, 0.15) is 45.4 Å². The summed E-state index contributed by atoms with van der Waals surface area (Å²) < 4.78 is 15.6. The number of rotatable bonds is 8. The zero-order chi connectivity index (χ0) is 14.1. The Morgan fingerprint density at radius 3 is 3.05 bits per heavy atom. The molecule has 5 nitrogen and oxygen atoms in total. The van der Waals surface area contributed by atoms with Gasteiger partial charge in [-0.3, -0.25) is 4.57 Å². The van der Waals surface area contributed by atoms with Crippen molar-refractivity contribution in [3.05, 3.63) is 11.6 Å². The first kappa shape index (κ1) is 16.3. The van der Waals surface area contributed by atoms with Gasteiger partial charge in [-0.25, -0.2) is 4.79 Å². The maximum absolute atomic E-state index is 11.5. The van der Waals surface area contributed by atoms with Crippen LogP contribution in [0.2, 0.25) is 0 Å². The van der Waals surface area contributed by atoms with Crippen LogP contribution >= 0.6 is 8.03 Å². The highest BCUT2D eigenvalue weighted by molar-refractivity contribution is 7.37. The van der Waals surface area contributed by atoms with E-state index in [1.165, 1.54) is 5.57 Å². The van der Waals surface area contributed by atoms with Gasteiger partial charge in [0.25, 0.3) is 0 Å². The predicted molar refractivity (Wildman–Crippen MR) is 75.8 cm³/mol. The lowest BCUT2D eigenvalue weighted by Crippen LogP contribution is -2.32. The van der Waals surface area contributed by atoms with E-state index in [2.05, 4.69) is 11.4 Å². The monoisotopic (exact) mass is 289 g/mol. The number of alkyl carbamates (subject to hydrolysis) is 1. The molecule has 0 heterocycles. The number of carbonyl (C=O) groups excluding carboxylic acids is 1. The first-order chi connectivity index (χ1) is 9.11. The molecule has 2 N–H and O–H groups in total. The molecule has 0 fully saturated rings. The molecule has 0 aliphatic heterocycles. The number of hydrogen-bond acceptors (Lipinski definition) is 3. The number of unbranched alkanes of at least 4 members (excludes halogenated alkanes) is 1. The van der Waals surface area contributed by atoms with E-state index >= 15 is 0 Å². The van der Waals surface area contributed by atoms with Crippen molar-refractivity contribution < 1.29 is 19.0 Å². The van der Waals surface area contributed by atoms with Crippen LogP contribution in [0, 0.1) is 0 Å². The van der Waals surface area contributed by atoms with Gasteiger partial charge in [-0.1, -0.05) is 25.0 Å². The molecule has 0 aromatic carbocycles. The molecule has 0 aromatic heterocycles. The second-order valence-electron chi connectivity index (χ2n) is 4.85. The molecule has 0 saturated heterocycles. The van der Waals surface area contributed by atoms with Gasteiger partial charge in [-0.05, 0) is 32.1 Å². The van der Waals surface area contributed by atoms with Gasteiger partial charge in [0, 0.05) is 6.16 Å². The van der Waals surface area contributed by atoms with Crippen LogP contribution in [0.15, 0.2) is 11.6 Å². The van der Waals surface area contributed by atoms with E-state index in [-0.39, 0.29) is 12.1 Å². The van der Waals surface area contributed by atoms with Crippen LogP contribution in [0.5, 0.6) is 0 Å². The molecule has 0 radical (unpaired) electrons. The molecule has 0 saturated carbocycles. The fraction of sp³-hybridized carbons (Fsp3) is 0.769. The van der Waals surface area contributed by atoms with Gasteiger partial charge in [0.1, 0.15) is 0 Å². The fourth-order valence-corrected chi connectivity index (χ4v) is 2.56. The van der Waals surface area contributed by atoms with E-state index in [0.29, 0.717) is 12.8 Å². The minimum absolute atomic E-state index is 0.0512. The maximum Gasteiger partial charge on any atom is 0.407 e. The molecule has 1 aliphatic rings. The largest absolute Gasteiger partial charge is 0.450 e. The van der Waals surface area contributed by atoms with Gasteiger partial charge in [0.15, 0.2) is 8.03 Å². The second kappa shape index (κ2) is 9.16. The van der Waals surface area contributed by atoms with Gasteiger partial charge in [0.05, 0.1) is 12.6 Å². The Hall–Kier alpha value is -0.800. The highest BCUT2D eigenvalue weighted by atomic mass is 31.1. The van der Waals surface area contributed by atoms with Gasteiger partial charge < -0.3 is 14.9 Å². The smallest absolute Gasteiger partial charge is 0.407 e. The molecule has 1 aliphatic carbocycles. The third-order valence-corrected chi connectivity index (χ3v) is 3.92. The Morgan fingerprint density at radius 1 is 1.58 bits per heavy atom. The van der Waals surface area contributed by atoms with Gasteiger partial charge in [-0.2, -0.15) is 0 Å². The summed E-state index contributed by atoms with van der Waals surface area (Å²) in [6.45, 7) is 2.52. The number of ether oxygens (including phenoxy) is 1. The van der Waals surface area contributed by atoms with Crippen LogP contribution in [0.4, 0.5) is 4.79 Å². The zero-order valence-corrected chi connectivity index (χ0v) is 12.5. The molecule has 2 atom stereocenters. The van der Waals surface area contributed by atoms with Crippen LogP contribution in [-0.4, -0.2) is 29.8 Å². The quantitative estimate of drug-likeness (QED) is 0.409. The molecule has 0 bridgehead atoms. The van der Waals surface area contributed by atoms with E-state index in [0.717, 1.165) is 38.5 Å². The van der Waals surface area contributed by atoms with Crippen molar-refractivity contribution in [2.24, 2.45) is 0 Å². The lowest BCUT2D eigenvalue weighted by molar-refractivity contribution is 0.142. The summed E-state index contributed by atoms with van der Waals surface area (Å²) in [5.41, 5.74) is 1.27. The standard InChI is InChI=1S/C13H24NO4P/c1-2-3-8-18-13(15)14-12-7-6-11(10-12)5-4-9-19(16)17/h10,12,19H,2-9H2,1H3,(H,14,15)(H,16,17).